The Balaban J connectivity index is 2.40. The highest BCUT2D eigenvalue weighted by Gasteiger charge is 2.19. The number of hydrogen-bond acceptors (Lipinski definition) is 2. The highest BCUT2D eigenvalue weighted by molar-refractivity contribution is 5.99. The molecule has 2 aromatic rings. The zero-order valence-electron chi connectivity index (χ0n) is 10.2. The Morgan fingerprint density at radius 3 is 2.89 bits per heavy atom. The number of hydrogen-bond donors (Lipinski definition) is 0. The average molecular weight is 235 g/mol. The number of nitrogens with zero attached hydrogens (tertiary/aromatic N) is 1. The van der Waals surface area contributed by atoms with E-state index in [9.17, 15) is 0 Å². The first-order valence-electron chi connectivity index (χ1n) is 6.03. The van der Waals surface area contributed by atoms with Crippen molar-refractivity contribution >= 4 is 16.3 Å². The molecule has 0 radical (unpaired) electrons. The molecule has 0 N–H and O–H groups in total. The molecule has 2 aromatic carbocycles. The summed E-state index contributed by atoms with van der Waals surface area (Å²) in [6.07, 6.45) is 3.50. The van der Waals surface area contributed by atoms with E-state index in [0.717, 1.165) is 24.2 Å². The van der Waals surface area contributed by atoms with Gasteiger partial charge in [0.25, 0.3) is 0 Å². The summed E-state index contributed by atoms with van der Waals surface area (Å²) >= 11 is 0. The van der Waals surface area contributed by atoms with Gasteiger partial charge in [0.1, 0.15) is 5.75 Å². The number of benzene rings is 2. The van der Waals surface area contributed by atoms with Crippen LogP contribution >= 0.6 is 0 Å². The molecule has 0 heterocycles. The van der Waals surface area contributed by atoms with E-state index in [2.05, 4.69) is 24.3 Å². The molecule has 18 heavy (non-hydrogen) atoms. The third-order valence-corrected chi connectivity index (χ3v) is 3.56. The van der Waals surface area contributed by atoms with E-state index in [-0.39, 0.29) is 0 Å². The van der Waals surface area contributed by atoms with Crippen molar-refractivity contribution in [2.45, 2.75) is 12.8 Å². The van der Waals surface area contributed by atoms with Gasteiger partial charge in [0, 0.05) is 11.6 Å². The van der Waals surface area contributed by atoms with Crippen LogP contribution in [0.25, 0.3) is 16.3 Å². The van der Waals surface area contributed by atoms with Gasteiger partial charge in [0.2, 0.25) is 0 Å². The van der Waals surface area contributed by atoms with Crippen LogP contribution in [0, 0.1) is 11.3 Å². The SMILES string of the molecule is COc1ccc2cccc3c2c1CC/C3=C\C#N. The lowest BCUT2D eigenvalue weighted by Crippen LogP contribution is -2.03. The Morgan fingerprint density at radius 1 is 1.22 bits per heavy atom. The van der Waals surface area contributed by atoms with E-state index in [1.807, 2.05) is 12.1 Å². The Kier molecular flexibility index (Phi) is 2.53. The van der Waals surface area contributed by atoms with Crippen molar-refractivity contribution in [3.63, 3.8) is 0 Å². The average Bonchev–Trinajstić information content (AvgIpc) is 2.42. The third-order valence-electron chi connectivity index (χ3n) is 3.56. The molecule has 2 heteroatoms. The van der Waals surface area contributed by atoms with Crippen molar-refractivity contribution in [2.24, 2.45) is 0 Å². The van der Waals surface area contributed by atoms with E-state index in [1.165, 1.54) is 21.9 Å². The molecule has 0 fully saturated rings. The van der Waals surface area contributed by atoms with Crippen LogP contribution in [-0.2, 0) is 6.42 Å². The summed E-state index contributed by atoms with van der Waals surface area (Å²) in [6, 6.07) is 12.5. The fourth-order valence-corrected chi connectivity index (χ4v) is 2.76. The number of ether oxygens (including phenoxy) is 1. The second-order valence-corrected chi connectivity index (χ2v) is 4.45. The minimum Gasteiger partial charge on any atom is -0.496 e. The summed E-state index contributed by atoms with van der Waals surface area (Å²) in [6.45, 7) is 0. The lowest BCUT2D eigenvalue weighted by atomic mass is 9.84. The van der Waals surface area contributed by atoms with Crippen molar-refractivity contribution < 1.29 is 4.74 Å². The Bertz CT molecular complexity index is 692. The second-order valence-electron chi connectivity index (χ2n) is 4.45. The summed E-state index contributed by atoms with van der Waals surface area (Å²) < 4.78 is 5.44. The smallest absolute Gasteiger partial charge is 0.122 e. The topological polar surface area (TPSA) is 33.0 Å². The molecule has 88 valence electrons. The number of aryl methyl sites for hydroxylation is 1. The Hall–Kier alpha value is -2.27. The fourth-order valence-electron chi connectivity index (χ4n) is 2.76. The van der Waals surface area contributed by atoms with Gasteiger partial charge in [-0.3, -0.25) is 0 Å². The van der Waals surface area contributed by atoms with Crippen LogP contribution < -0.4 is 4.74 Å². The summed E-state index contributed by atoms with van der Waals surface area (Å²) in [4.78, 5) is 0. The molecule has 1 aliphatic carbocycles. The molecule has 3 rings (SSSR count). The molecule has 2 nitrogen and oxygen atoms in total. The zero-order chi connectivity index (χ0) is 12.5. The fraction of sp³-hybridized carbons (Fsp3) is 0.188. The summed E-state index contributed by atoms with van der Waals surface area (Å²) in [5.74, 6) is 0.950. The molecule has 0 unspecified atom stereocenters. The lowest BCUT2D eigenvalue weighted by molar-refractivity contribution is 0.410. The summed E-state index contributed by atoms with van der Waals surface area (Å²) in [7, 11) is 1.71. The van der Waals surface area contributed by atoms with Crippen LogP contribution in [0.15, 0.2) is 36.4 Å². The molecule has 0 spiro atoms. The first-order valence-corrected chi connectivity index (χ1v) is 6.03. The van der Waals surface area contributed by atoms with E-state index in [0.29, 0.717) is 0 Å². The van der Waals surface area contributed by atoms with E-state index < -0.39 is 0 Å². The highest BCUT2D eigenvalue weighted by atomic mass is 16.5. The predicted molar refractivity (Wildman–Crippen MR) is 72.4 cm³/mol. The normalized spacial score (nSPS) is 15.7. The summed E-state index contributed by atoms with van der Waals surface area (Å²) in [5, 5.41) is 11.3. The first kappa shape index (κ1) is 10.9. The van der Waals surface area contributed by atoms with Gasteiger partial charge in [-0.25, -0.2) is 0 Å². The maximum absolute atomic E-state index is 8.87. The van der Waals surface area contributed by atoms with Gasteiger partial charge in [-0.2, -0.15) is 5.26 Å². The van der Waals surface area contributed by atoms with E-state index >= 15 is 0 Å². The number of allylic oxidation sites excluding steroid dienone is 2. The van der Waals surface area contributed by atoms with Crippen molar-refractivity contribution in [2.75, 3.05) is 7.11 Å². The van der Waals surface area contributed by atoms with Crippen LogP contribution in [0.4, 0.5) is 0 Å². The largest absolute Gasteiger partial charge is 0.496 e. The highest BCUT2D eigenvalue weighted by Crippen LogP contribution is 2.40. The van der Waals surface area contributed by atoms with Crippen molar-refractivity contribution in [1.82, 2.24) is 0 Å². The van der Waals surface area contributed by atoms with Crippen molar-refractivity contribution in [3.05, 3.63) is 47.5 Å². The van der Waals surface area contributed by atoms with Crippen molar-refractivity contribution in [1.29, 1.82) is 5.26 Å². The van der Waals surface area contributed by atoms with Gasteiger partial charge in [0.15, 0.2) is 0 Å². The minimum absolute atomic E-state index is 0.903. The molecular formula is C16H13NO. The van der Waals surface area contributed by atoms with Gasteiger partial charge < -0.3 is 4.74 Å². The molecule has 0 amide bonds. The summed E-state index contributed by atoms with van der Waals surface area (Å²) in [5.41, 5.74) is 3.57. The minimum atomic E-state index is 0.903. The molecule has 0 aliphatic heterocycles. The zero-order valence-corrected chi connectivity index (χ0v) is 10.2. The van der Waals surface area contributed by atoms with Crippen LogP contribution in [0.5, 0.6) is 5.75 Å². The van der Waals surface area contributed by atoms with Crippen LogP contribution in [0.2, 0.25) is 0 Å². The lowest BCUT2D eigenvalue weighted by Gasteiger charge is -2.21. The van der Waals surface area contributed by atoms with Gasteiger partial charge >= 0.3 is 0 Å². The molecule has 0 bridgehead atoms. The number of rotatable bonds is 1. The van der Waals surface area contributed by atoms with Crippen LogP contribution in [-0.4, -0.2) is 7.11 Å². The van der Waals surface area contributed by atoms with Gasteiger partial charge in [-0.05, 0) is 40.8 Å². The molecular weight excluding hydrogens is 222 g/mol. The predicted octanol–water partition coefficient (Wildman–Crippen LogP) is 3.70. The number of nitriles is 1. The Morgan fingerprint density at radius 2 is 2.11 bits per heavy atom. The molecule has 0 atom stereocenters. The standard InChI is InChI=1S/C16H13NO/c1-18-15-8-6-12-3-2-4-13-11(9-10-17)5-7-14(15)16(12)13/h2-4,6,8-9H,5,7H2,1H3/b11-9+. The third kappa shape index (κ3) is 1.48. The van der Waals surface area contributed by atoms with E-state index in [4.69, 9.17) is 10.00 Å². The van der Waals surface area contributed by atoms with Crippen LogP contribution in [0.1, 0.15) is 17.5 Å². The first-order chi connectivity index (χ1) is 8.85. The molecule has 0 saturated heterocycles. The molecule has 0 saturated carbocycles. The van der Waals surface area contributed by atoms with E-state index in [1.54, 1.807) is 13.2 Å². The Labute approximate surface area is 106 Å². The second kappa shape index (κ2) is 4.19. The maximum Gasteiger partial charge on any atom is 0.122 e. The van der Waals surface area contributed by atoms with Gasteiger partial charge in [-0.1, -0.05) is 24.3 Å². The van der Waals surface area contributed by atoms with Gasteiger partial charge in [-0.15, -0.1) is 0 Å². The quantitative estimate of drug-likeness (QED) is 0.706. The number of methoxy groups -OCH3 is 1. The van der Waals surface area contributed by atoms with Crippen LogP contribution in [0.3, 0.4) is 0 Å². The van der Waals surface area contributed by atoms with Gasteiger partial charge in [0.05, 0.1) is 13.2 Å². The van der Waals surface area contributed by atoms with Crippen molar-refractivity contribution in [3.8, 4) is 11.8 Å². The maximum atomic E-state index is 8.87. The monoisotopic (exact) mass is 235 g/mol. The molecule has 1 aliphatic rings. The molecule has 0 aromatic heterocycles.